The summed E-state index contributed by atoms with van der Waals surface area (Å²) in [4.78, 5) is 16.4. The molecule has 9 heteroatoms. The number of imidazole rings is 1. The molecule has 8 nitrogen and oxygen atoms in total. The molecule has 164 valence electrons. The van der Waals surface area contributed by atoms with E-state index in [1.807, 2.05) is 30.3 Å². The fraction of sp³-hybridized carbons (Fsp3) is 0.261. The van der Waals surface area contributed by atoms with Crippen LogP contribution in [-0.4, -0.2) is 40.7 Å². The molecule has 1 fully saturated rings. The standard InChI is InChI=1S/C23H22N4O4S/c1-2-32(28,29)22-9-8-15(14-25-22)31-21-13-19-18(12-16(21)20-7-5-11-30-20)26-23(27-19)17-6-3-4-10-24-17/h3-4,6,8-10,12-14,20H,2,5,7,11H2,1H3,(H,26,27). The molecule has 32 heavy (non-hydrogen) atoms. The summed E-state index contributed by atoms with van der Waals surface area (Å²) in [5.74, 6) is 1.72. The highest BCUT2D eigenvalue weighted by Crippen LogP contribution is 2.39. The Hall–Kier alpha value is -3.30. The Balaban J connectivity index is 1.53. The van der Waals surface area contributed by atoms with Crippen LogP contribution in [0.3, 0.4) is 0 Å². The zero-order valence-electron chi connectivity index (χ0n) is 17.5. The molecule has 0 saturated carbocycles. The lowest BCUT2D eigenvalue weighted by Gasteiger charge is -2.16. The number of hydrogen-bond acceptors (Lipinski definition) is 7. The molecule has 1 unspecified atom stereocenters. The predicted octanol–water partition coefficient (Wildman–Crippen LogP) is 4.46. The number of aromatic amines is 1. The average Bonchev–Trinajstić information content (AvgIpc) is 3.49. The van der Waals surface area contributed by atoms with Gasteiger partial charge in [-0.15, -0.1) is 0 Å². The van der Waals surface area contributed by atoms with Crippen LogP contribution in [0, 0.1) is 0 Å². The van der Waals surface area contributed by atoms with Crippen LogP contribution in [0.2, 0.25) is 0 Å². The molecule has 5 rings (SSSR count). The van der Waals surface area contributed by atoms with Crippen molar-refractivity contribution in [3.63, 3.8) is 0 Å². The van der Waals surface area contributed by atoms with E-state index in [0.29, 0.717) is 23.9 Å². The SMILES string of the molecule is CCS(=O)(=O)c1ccc(Oc2cc3nc(-c4ccccn4)[nH]c3cc2C2CCCO2)cn1. The molecule has 0 amide bonds. The molecule has 0 bridgehead atoms. The molecule has 4 aromatic rings. The van der Waals surface area contributed by atoms with Crippen molar-refractivity contribution < 1.29 is 17.9 Å². The van der Waals surface area contributed by atoms with Gasteiger partial charge in [-0.05, 0) is 43.2 Å². The Bertz CT molecular complexity index is 1350. The smallest absolute Gasteiger partial charge is 0.195 e. The Kier molecular flexibility index (Phi) is 5.36. The summed E-state index contributed by atoms with van der Waals surface area (Å²) in [5, 5.41) is 0.0365. The van der Waals surface area contributed by atoms with Gasteiger partial charge in [-0.1, -0.05) is 13.0 Å². The highest BCUT2D eigenvalue weighted by Gasteiger charge is 2.24. The second kappa shape index (κ2) is 8.33. The lowest BCUT2D eigenvalue weighted by molar-refractivity contribution is 0.110. The molecule has 1 aliphatic rings. The van der Waals surface area contributed by atoms with Gasteiger partial charge in [-0.3, -0.25) is 4.98 Å². The van der Waals surface area contributed by atoms with Gasteiger partial charge < -0.3 is 14.5 Å². The maximum Gasteiger partial charge on any atom is 0.195 e. The number of H-pyrrole nitrogens is 1. The number of fused-ring (bicyclic) bond motifs is 1. The van der Waals surface area contributed by atoms with Crippen molar-refractivity contribution >= 4 is 20.9 Å². The number of nitrogens with zero attached hydrogens (tertiary/aromatic N) is 3. The summed E-state index contributed by atoms with van der Waals surface area (Å²) in [6.07, 6.45) is 4.95. The van der Waals surface area contributed by atoms with Gasteiger partial charge in [0.2, 0.25) is 0 Å². The van der Waals surface area contributed by atoms with Crippen molar-refractivity contribution in [3.05, 3.63) is 60.4 Å². The van der Waals surface area contributed by atoms with Gasteiger partial charge in [0, 0.05) is 24.4 Å². The number of sulfone groups is 1. The van der Waals surface area contributed by atoms with Gasteiger partial charge in [0.05, 0.1) is 29.1 Å². The molecule has 1 N–H and O–H groups in total. The fourth-order valence-electron chi connectivity index (χ4n) is 3.73. The first-order chi connectivity index (χ1) is 15.5. The zero-order valence-corrected chi connectivity index (χ0v) is 18.3. The predicted molar refractivity (Wildman–Crippen MR) is 119 cm³/mol. The Morgan fingerprint density at radius 1 is 1.19 bits per heavy atom. The van der Waals surface area contributed by atoms with Gasteiger partial charge in [-0.25, -0.2) is 18.4 Å². The van der Waals surface area contributed by atoms with Crippen LogP contribution in [-0.2, 0) is 14.6 Å². The van der Waals surface area contributed by atoms with Crippen molar-refractivity contribution in [3.8, 4) is 23.0 Å². The molecular formula is C23H22N4O4S. The van der Waals surface area contributed by atoms with Crippen LogP contribution in [0.25, 0.3) is 22.6 Å². The number of ether oxygens (including phenoxy) is 2. The van der Waals surface area contributed by atoms with Crippen molar-refractivity contribution in [1.29, 1.82) is 0 Å². The number of hydrogen-bond donors (Lipinski definition) is 1. The minimum atomic E-state index is -3.37. The minimum Gasteiger partial charge on any atom is -0.455 e. The normalized spacial score (nSPS) is 16.5. The fourth-order valence-corrected chi connectivity index (χ4v) is 4.51. The highest BCUT2D eigenvalue weighted by molar-refractivity contribution is 7.91. The first kappa shape index (κ1) is 20.6. The Morgan fingerprint density at radius 3 is 2.78 bits per heavy atom. The zero-order chi connectivity index (χ0) is 22.1. The van der Waals surface area contributed by atoms with Crippen molar-refractivity contribution in [2.24, 2.45) is 0 Å². The van der Waals surface area contributed by atoms with Crippen LogP contribution < -0.4 is 4.74 Å². The third kappa shape index (κ3) is 3.96. The Morgan fingerprint density at radius 2 is 2.09 bits per heavy atom. The van der Waals surface area contributed by atoms with E-state index in [0.717, 1.165) is 35.1 Å². The van der Waals surface area contributed by atoms with E-state index in [2.05, 4.69) is 19.9 Å². The van der Waals surface area contributed by atoms with Crippen LogP contribution in [0.15, 0.2) is 59.9 Å². The van der Waals surface area contributed by atoms with Crippen LogP contribution in [0.5, 0.6) is 11.5 Å². The molecule has 0 aliphatic carbocycles. The quantitative estimate of drug-likeness (QED) is 0.462. The first-order valence-corrected chi connectivity index (χ1v) is 12.1. The molecule has 3 aromatic heterocycles. The molecule has 1 aliphatic heterocycles. The van der Waals surface area contributed by atoms with E-state index in [1.54, 1.807) is 19.2 Å². The van der Waals surface area contributed by atoms with E-state index in [-0.39, 0.29) is 16.9 Å². The molecule has 4 heterocycles. The van der Waals surface area contributed by atoms with Crippen molar-refractivity contribution in [2.45, 2.75) is 30.9 Å². The maximum absolute atomic E-state index is 12.0. The van der Waals surface area contributed by atoms with E-state index in [9.17, 15) is 8.42 Å². The van der Waals surface area contributed by atoms with Crippen molar-refractivity contribution in [1.82, 2.24) is 19.9 Å². The molecule has 1 atom stereocenters. The maximum atomic E-state index is 12.0. The summed E-state index contributed by atoms with van der Waals surface area (Å²) in [7, 11) is -3.37. The Labute approximate surface area is 185 Å². The third-order valence-electron chi connectivity index (χ3n) is 5.43. The number of nitrogens with one attached hydrogen (secondary N) is 1. The summed E-state index contributed by atoms with van der Waals surface area (Å²) in [6, 6.07) is 12.6. The van der Waals surface area contributed by atoms with Gasteiger partial charge in [-0.2, -0.15) is 0 Å². The van der Waals surface area contributed by atoms with E-state index >= 15 is 0 Å². The van der Waals surface area contributed by atoms with Gasteiger partial charge >= 0.3 is 0 Å². The largest absolute Gasteiger partial charge is 0.455 e. The number of pyridine rings is 2. The number of aromatic nitrogens is 4. The molecular weight excluding hydrogens is 428 g/mol. The summed E-state index contributed by atoms with van der Waals surface area (Å²) >= 11 is 0. The second-order valence-electron chi connectivity index (χ2n) is 7.55. The second-order valence-corrected chi connectivity index (χ2v) is 9.77. The van der Waals surface area contributed by atoms with E-state index in [4.69, 9.17) is 9.47 Å². The molecule has 0 radical (unpaired) electrons. The monoisotopic (exact) mass is 450 g/mol. The van der Waals surface area contributed by atoms with Crippen LogP contribution in [0.1, 0.15) is 31.4 Å². The topological polar surface area (TPSA) is 107 Å². The van der Waals surface area contributed by atoms with Gasteiger partial charge in [0.25, 0.3) is 0 Å². The van der Waals surface area contributed by atoms with Gasteiger partial charge in [0.15, 0.2) is 20.7 Å². The average molecular weight is 451 g/mol. The molecule has 0 spiro atoms. The summed E-state index contributed by atoms with van der Waals surface area (Å²) in [6.45, 7) is 2.29. The van der Waals surface area contributed by atoms with E-state index < -0.39 is 9.84 Å². The van der Waals surface area contributed by atoms with E-state index in [1.165, 1.54) is 12.3 Å². The number of benzene rings is 1. The molecule has 1 saturated heterocycles. The minimum absolute atomic E-state index is 0.00218. The summed E-state index contributed by atoms with van der Waals surface area (Å²) in [5.41, 5.74) is 3.27. The molecule has 1 aromatic carbocycles. The number of rotatable bonds is 6. The lowest BCUT2D eigenvalue weighted by atomic mass is 10.0. The third-order valence-corrected chi connectivity index (χ3v) is 7.07. The first-order valence-electron chi connectivity index (χ1n) is 10.5. The van der Waals surface area contributed by atoms with Crippen LogP contribution in [0.4, 0.5) is 0 Å². The van der Waals surface area contributed by atoms with Crippen molar-refractivity contribution in [2.75, 3.05) is 12.4 Å². The van der Waals surface area contributed by atoms with Gasteiger partial charge in [0.1, 0.15) is 17.2 Å². The summed E-state index contributed by atoms with van der Waals surface area (Å²) < 4.78 is 36.1. The highest BCUT2D eigenvalue weighted by atomic mass is 32.2. The van der Waals surface area contributed by atoms with Crippen LogP contribution >= 0.6 is 0 Å². The lowest BCUT2D eigenvalue weighted by Crippen LogP contribution is -2.06.